The molecule has 4 N–H and O–H groups in total. The number of hydrogen-bond donors (Lipinski definition) is 4. The Morgan fingerprint density at radius 1 is 0.362 bits per heavy atom. The summed E-state index contributed by atoms with van der Waals surface area (Å²) in [6.45, 7) is 28.2. The van der Waals surface area contributed by atoms with Crippen LogP contribution in [-0.2, 0) is 93.2 Å². The molecule has 24 nitrogen and oxygen atoms in total. The highest BCUT2D eigenvalue weighted by Gasteiger charge is 2.57. The fourth-order valence-corrected chi connectivity index (χ4v) is 32.3. The molecule has 0 amide bonds. The molecule has 5 aliphatic carbocycles. The average Bonchev–Trinajstić information content (AvgIpc) is 1.28. The first-order valence-corrected chi connectivity index (χ1v) is 54.2. The quantitative estimate of drug-likeness (QED) is 0.0532. The van der Waals surface area contributed by atoms with Gasteiger partial charge in [-0.3, -0.25) is 0 Å². The van der Waals surface area contributed by atoms with E-state index in [0.717, 1.165) is 173 Å². The molecule has 5 aromatic carbocycles. The Bertz CT molecular complexity index is 4990. The van der Waals surface area contributed by atoms with Gasteiger partial charge in [0.25, 0.3) is 0 Å². The van der Waals surface area contributed by atoms with Crippen molar-refractivity contribution in [2.24, 2.45) is 23.7 Å². The fraction of sp³-hybridized carbons (Fsp3) is 0.697. The maximum absolute atomic E-state index is 13.0. The smallest absolute Gasteiger partial charge is 0.218 e. The highest BCUT2D eigenvalue weighted by Crippen LogP contribution is 2.53. The van der Waals surface area contributed by atoms with E-state index >= 15 is 0 Å². The van der Waals surface area contributed by atoms with E-state index in [4.69, 9.17) is 0 Å². The summed E-state index contributed by atoms with van der Waals surface area (Å²) in [5.41, 5.74) is 11.6. The van der Waals surface area contributed by atoms with Gasteiger partial charge in [0, 0.05) is 149 Å². The minimum Gasteiger partial charge on any atom is -0.508 e. The summed E-state index contributed by atoms with van der Waals surface area (Å²) in [5.74, 6) is 3.78. The molecular formula is C99H152N12O12S4. The van der Waals surface area contributed by atoms with E-state index in [0.29, 0.717) is 147 Å². The Kier molecular flexibility index (Phi) is 28.9. The van der Waals surface area contributed by atoms with Crippen LogP contribution in [0.3, 0.4) is 0 Å². The van der Waals surface area contributed by atoms with Gasteiger partial charge in [-0.25, -0.2) is 50.9 Å². The van der Waals surface area contributed by atoms with Crippen LogP contribution >= 0.6 is 0 Å². The molecule has 8 heterocycles. The molecule has 127 heavy (non-hydrogen) atoms. The number of aromatic hydroxyl groups is 4. The molecule has 704 valence electrons. The molecule has 0 spiro atoms. The Balaban J connectivity index is 0.000000131. The van der Waals surface area contributed by atoms with Crippen LogP contribution in [0.15, 0.2) is 103 Å². The lowest BCUT2D eigenvalue weighted by molar-refractivity contribution is -0.00619. The van der Waals surface area contributed by atoms with Gasteiger partial charge < -0.3 is 59.6 Å². The number of phenols is 4. The molecule has 0 aromatic heterocycles. The second-order valence-corrected chi connectivity index (χ2v) is 51.4. The lowest BCUT2D eigenvalue weighted by atomic mass is 9.61. The predicted octanol–water partition coefficient (Wildman–Crippen LogP) is 10.8. The van der Waals surface area contributed by atoms with E-state index in [2.05, 4.69) is 148 Å². The molecule has 5 aromatic rings. The number of likely N-dealkylation sites (tertiary alicyclic amines) is 4. The van der Waals surface area contributed by atoms with Gasteiger partial charge in [0.05, 0.1) is 22.0 Å². The van der Waals surface area contributed by atoms with Crippen LogP contribution in [0.1, 0.15) is 188 Å². The second kappa shape index (κ2) is 38.2. The van der Waals surface area contributed by atoms with Crippen molar-refractivity contribution in [2.75, 3.05) is 167 Å². The first kappa shape index (κ1) is 96.2. The highest BCUT2D eigenvalue weighted by atomic mass is 32.2. The Labute approximate surface area is 762 Å². The van der Waals surface area contributed by atoms with Crippen LogP contribution in [0, 0.1) is 23.7 Å². The minimum absolute atomic E-state index is 0.00201. The summed E-state index contributed by atoms with van der Waals surface area (Å²) < 4.78 is 107. The Hall–Kier alpha value is -5.38. The van der Waals surface area contributed by atoms with Crippen LogP contribution in [0.25, 0.3) is 0 Å². The van der Waals surface area contributed by atoms with Crippen molar-refractivity contribution in [1.82, 2.24) is 56.4 Å². The Morgan fingerprint density at radius 2 is 0.630 bits per heavy atom. The van der Waals surface area contributed by atoms with Crippen molar-refractivity contribution < 1.29 is 54.1 Å². The number of phenolic OH excluding ortho intramolecular Hbond substituents is 4. The number of sulfonamides is 4. The predicted molar refractivity (Wildman–Crippen MR) is 508 cm³/mol. The average molecular weight is 1830 g/mol. The summed E-state index contributed by atoms with van der Waals surface area (Å²) in [6.07, 6.45) is 17.5. The van der Waals surface area contributed by atoms with Gasteiger partial charge >= 0.3 is 0 Å². The third-order valence-corrected chi connectivity index (χ3v) is 42.2. The molecule has 0 unspecified atom stereocenters. The zero-order chi connectivity index (χ0) is 91.0. The van der Waals surface area contributed by atoms with Crippen LogP contribution in [0.4, 0.5) is 0 Å². The number of hydrogen-bond acceptors (Lipinski definition) is 20. The van der Waals surface area contributed by atoms with Gasteiger partial charge in [0.2, 0.25) is 40.1 Å². The van der Waals surface area contributed by atoms with E-state index in [1.54, 1.807) is 38.0 Å². The summed E-state index contributed by atoms with van der Waals surface area (Å²) in [5, 5.41) is 40.4. The molecule has 9 fully saturated rings. The molecular weight excluding hydrogens is 1680 g/mol. The largest absolute Gasteiger partial charge is 0.508 e. The SMILES string of the molecule is CC(C)S(=O)(=O)N1CCC(CN(C)[C@H]2[C@H]3Cc4ccc(O)cc4[C@@]2(C)CCN3C)CC1.CCS(=O)(=O)N1CCC(CN(C)[C@H]2[C@H]3Cc4ccc(O)cc4[C@@]2(C)CCN3C)CC1.CN1CC[C@]2(C)c3cc(O)ccc3C[C@@H]1[C@@H]2N(C)CC1CCN(S(=O)(=O)C2CC2)CC1.CN1CC[C@]2(C)c3cc(O)ccc3C[C@@H]1[C@@H]2N(C)CC1CCN(S(=O)(=O)Cc2ccccc2)CC1. The van der Waals surface area contributed by atoms with Gasteiger partial charge in [0.15, 0.2) is 0 Å². The van der Waals surface area contributed by atoms with E-state index in [9.17, 15) is 54.1 Å². The monoisotopic (exact) mass is 1830 g/mol. The zero-order valence-corrected chi connectivity index (χ0v) is 82.2. The van der Waals surface area contributed by atoms with Crippen LogP contribution in [-0.4, -0.2) is 336 Å². The lowest BCUT2D eigenvalue weighted by Gasteiger charge is -2.58. The minimum atomic E-state index is -3.29. The lowest BCUT2D eigenvalue weighted by Crippen LogP contribution is -2.66. The van der Waals surface area contributed by atoms with Crippen LogP contribution < -0.4 is 0 Å². The number of likely N-dealkylation sites (N-methyl/N-ethyl adjacent to an activating group) is 8. The normalized spacial score (nSPS) is 30.6. The highest BCUT2D eigenvalue weighted by molar-refractivity contribution is 7.90. The molecule has 13 aliphatic rings. The van der Waals surface area contributed by atoms with Crippen molar-refractivity contribution in [1.29, 1.82) is 0 Å². The second-order valence-electron chi connectivity index (χ2n) is 42.4. The topological polar surface area (TPSA) is 256 Å². The third-order valence-electron chi connectivity index (χ3n) is 33.8. The number of fused-ring (bicyclic) bond motifs is 16. The van der Waals surface area contributed by atoms with Gasteiger partial charge in [-0.2, -0.15) is 0 Å². The molecule has 0 radical (unpaired) electrons. The van der Waals surface area contributed by atoms with E-state index in [1.807, 2.05) is 78.9 Å². The molecule has 18 rings (SSSR count). The van der Waals surface area contributed by atoms with E-state index in [1.165, 1.54) is 44.5 Å². The van der Waals surface area contributed by atoms with Crippen LogP contribution in [0.5, 0.6) is 23.0 Å². The van der Waals surface area contributed by atoms with Crippen molar-refractivity contribution in [3.63, 3.8) is 0 Å². The number of benzene rings is 5. The third kappa shape index (κ3) is 19.7. The van der Waals surface area contributed by atoms with Crippen molar-refractivity contribution in [3.05, 3.63) is 153 Å². The Morgan fingerprint density at radius 3 is 0.898 bits per heavy atom. The first-order chi connectivity index (χ1) is 60.1. The maximum atomic E-state index is 13.0. The molecule has 8 saturated heterocycles. The fourth-order valence-electron chi connectivity index (χ4n) is 26.4. The van der Waals surface area contributed by atoms with Gasteiger partial charge in [-0.15, -0.1) is 0 Å². The van der Waals surface area contributed by atoms with Crippen LogP contribution in [0.2, 0.25) is 0 Å². The molecule has 12 atom stereocenters. The van der Waals surface area contributed by atoms with Crippen molar-refractivity contribution in [3.8, 4) is 23.0 Å². The summed E-state index contributed by atoms with van der Waals surface area (Å²) in [6, 6.07) is 36.6. The van der Waals surface area contributed by atoms with E-state index in [-0.39, 0.29) is 43.7 Å². The zero-order valence-electron chi connectivity index (χ0n) is 78.9. The summed E-state index contributed by atoms with van der Waals surface area (Å²) in [7, 11) is 5.44. The molecule has 8 aliphatic heterocycles. The van der Waals surface area contributed by atoms with Gasteiger partial charge in [-0.05, 0) is 341 Å². The maximum Gasteiger partial charge on any atom is 0.218 e. The summed E-state index contributed by atoms with van der Waals surface area (Å²) in [4.78, 5) is 20.2. The standard InChI is InChI=1S/C28H39N3O3S.C24H37N3O3S.C24H39N3O3S.C23H37N3O3S/c1-28-13-16-29(2)26(17-23-9-10-24(32)18-25(23)28)27(28)30(3)19-21-11-14-31(15-12-21)35(33,34)20-22-7-5-4-6-8-22;1-24-10-13-25(2)22(14-18-4-5-19(28)15-21(18)24)23(24)26(3)16-17-8-11-27(12-9-17)31(29,30)20-6-7-20;1-17(2)31(29,30)27-11-8-18(9-12-27)16-26(5)23-22-14-19-6-7-20(28)15-21(19)24(23,3)10-13-25(22)4;1-5-30(28,29)26-11-8-17(9-12-26)16-25(4)22-21-14-18-6-7-19(27)15-20(18)23(22,2)10-13-24(21)3/h4-10,18,21,26-27,32H,11-17,19-20H2,1-3H3;4-5,15,17,20,22-23,28H,6-14,16H2,1-3H3;6-7,15,17-18,22-23,28H,8-14,16H2,1-5H3;6-7,15,17,21-22,27H,5,8-14,16H2,1-4H3/t26-,27+,28-;2*22-,23+,24-;21-,22+,23-/m1111/s1. The molecule has 8 bridgehead atoms. The van der Waals surface area contributed by atoms with Crippen molar-refractivity contribution >= 4 is 40.1 Å². The number of nitrogens with zero attached hydrogens (tertiary/aromatic N) is 12. The molecule has 1 saturated carbocycles. The first-order valence-electron chi connectivity index (χ1n) is 48.0. The van der Waals surface area contributed by atoms with Crippen molar-refractivity contribution in [2.45, 2.75) is 250 Å². The van der Waals surface area contributed by atoms with E-state index < -0.39 is 40.1 Å². The summed E-state index contributed by atoms with van der Waals surface area (Å²) >= 11 is 0. The van der Waals surface area contributed by atoms with Gasteiger partial charge in [0.1, 0.15) is 23.0 Å². The van der Waals surface area contributed by atoms with Gasteiger partial charge in [-0.1, -0.05) is 82.3 Å². The number of piperidine rings is 8. The number of rotatable bonds is 21. The molecule has 28 heteroatoms.